The maximum atomic E-state index is 13.7. The molecular weight excluding hydrogens is 1300 g/mol. The summed E-state index contributed by atoms with van der Waals surface area (Å²) in [7, 11) is 0. The van der Waals surface area contributed by atoms with Gasteiger partial charge in [0.25, 0.3) is 0 Å². The molecule has 0 aromatic rings. The fourth-order valence-electron chi connectivity index (χ4n) is 9.46. The van der Waals surface area contributed by atoms with Crippen LogP contribution in [0.25, 0.3) is 0 Å². The largest absolute Gasteiger partial charge is 0.369 e. The highest BCUT2D eigenvalue weighted by Crippen LogP contribution is 2.05. The predicted molar refractivity (Wildman–Crippen MR) is 379 cm³/mol. The Labute approximate surface area is 590 Å². The zero-order valence-corrected chi connectivity index (χ0v) is 59.3. The van der Waals surface area contributed by atoms with Gasteiger partial charge in [0.1, 0.15) is 5.78 Å². The third-order valence-corrected chi connectivity index (χ3v) is 15.2. The summed E-state index contributed by atoms with van der Waals surface area (Å²) >= 11 is 0. The summed E-state index contributed by atoms with van der Waals surface area (Å²) in [6, 6.07) is 0. The maximum absolute atomic E-state index is 13.7. The topological polar surface area (TPSA) is 586 Å². The number of Topliss-reactive ketones (excluding diaryl/α,β-unsaturated/α-hetero) is 1. The smallest absolute Gasteiger partial charge is 0.326 e. The van der Waals surface area contributed by atoms with E-state index in [4.69, 9.17) is 50.7 Å². The van der Waals surface area contributed by atoms with Crippen LogP contribution in [0.1, 0.15) is 77.0 Å². The monoisotopic (exact) mass is 1430 g/mol. The molecule has 0 saturated carbocycles. The Hall–Kier alpha value is -6.80. The number of amides is 10. The van der Waals surface area contributed by atoms with Crippen LogP contribution in [0.4, 0.5) is 0 Å². The minimum absolute atomic E-state index is 0.00122. The Morgan fingerprint density at radius 1 is 0.230 bits per heavy atom. The van der Waals surface area contributed by atoms with Crippen molar-refractivity contribution < 1.29 is 62.4 Å². The van der Waals surface area contributed by atoms with Crippen molar-refractivity contribution in [2.75, 3.05) is 242 Å². The van der Waals surface area contributed by atoms with Gasteiger partial charge in [0, 0.05) is 300 Å². The third kappa shape index (κ3) is 56.9. The number of hydrogen-bond acceptors (Lipinski definition) is 29. The molecular formula is C61H126N26O13. The minimum Gasteiger partial charge on any atom is -0.369 e. The van der Waals surface area contributed by atoms with Crippen molar-refractivity contribution >= 4 is 70.8 Å². The van der Waals surface area contributed by atoms with Crippen molar-refractivity contribution in [3.63, 3.8) is 0 Å². The Bertz CT molecular complexity index is 1890. The van der Waals surface area contributed by atoms with E-state index >= 15 is 0 Å². The normalized spacial score (nSPS) is 11.3. The number of ketones is 1. The number of hydrogen-bond donors (Lipinski definition) is 20. The summed E-state index contributed by atoms with van der Waals surface area (Å²) in [6.45, 7) is 9.13. The summed E-state index contributed by atoms with van der Waals surface area (Å²) in [5.41, 5.74) is 46.5. The van der Waals surface area contributed by atoms with E-state index < -0.39 is 5.97 Å². The quantitative estimate of drug-likeness (QED) is 0.0199. The zero-order valence-electron chi connectivity index (χ0n) is 59.3. The maximum Gasteiger partial charge on any atom is 0.326 e. The first-order valence-electron chi connectivity index (χ1n) is 35.0. The Balaban J connectivity index is 6.81. The lowest BCUT2D eigenvalue weighted by Gasteiger charge is -2.28. The van der Waals surface area contributed by atoms with Gasteiger partial charge in [-0.15, -0.1) is 5.48 Å². The molecule has 578 valence electrons. The van der Waals surface area contributed by atoms with Crippen molar-refractivity contribution in [1.82, 2.24) is 93.4 Å². The fraction of sp³-hybridized carbons (Fsp3) is 0.803. The molecule has 0 heterocycles. The first-order valence-corrected chi connectivity index (χ1v) is 35.0. The van der Waals surface area contributed by atoms with E-state index in [1.807, 2.05) is 29.4 Å². The van der Waals surface area contributed by atoms with Gasteiger partial charge in [0.05, 0.1) is 19.6 Å². The molecule has 0 aliphatic rings. The van der Waals surface area contributed by atoms with Gasteiger partial charge in [-0.25, -0.2) is 0 Å². The summed E-state index contributed by atoms with van der Waals surface area (Å²) in [6.07, 6.45) is 0.919. The fourth-order valence-corrected chi connectivity index (χ4v) is 9.46. The highest BCUT2D eigenvalue weighted by Gasteiger charge is 2.20. The van der Waals surface area contributed by atoms with Gasteiger partial charge in [-0.1, -0.05) is 0 Å². The van der Waals surface area contributed by atoms with Gasteiger partial charge in [0.15, 0.2) is 0 Å². The van der Waals surface area contributed by atoms with Gasteiger partial charge in [-0.2, -0.15) is 0 Å². The van der Waals surface area contributed by atoms with Crippen molar-refractivity contribution in [3.05, 3.63) is 0 Å². The average molecular weight is 1430 g/mol. The molecule has 0 aromatic heterocycles. The Morgan fingerprint density at radius 2 is 0.430 bits per heavy atom. The van der Waals surface area contributed by atoms with Crippen LogP contribution in [0.2, 0.25) is 0 Å². The number of rotatable bonds is 68. The van der Waals surface area contributed by atoms with E-state index in [0.717, 1.165) is 0 Å². The minimum atomic E-state index is -0.569. The van der Waals surface area contributed by atoms with Gasteiger partial charge in [-0.3, -0.25) is 62.9 Å². The molecule has 39 heteroatoms. The second-order valence-electron chi connectivity index (χ2n) is 23.3. The number of carbonyl (C=O) groups is 12. The van der Waals surface area contributed by atoms with E-state index in [2.05, 4.69) is 64.0 Å². The van der Waals surface area contributed by atoms with Crippen molar-refractivity contribution in [3.8, 4) is 0 Å². The molecule has 0 aliphatic heterocycles. The van der Waals surface area contributed by atoms with Crippen molar-refractivity contribution in [2.24, 2.45) is 45.9 Å². The second kappa shape index (κ2) is 64.3. The standard InChI is InChI=1S/C61H126N26O13/c62-13-19-71-51(89)2-30-82(29-1-50(88)47-70-48-68)41-25-77-57(95)8-36-86(37-9-58(96)78-26-42-83(31-3-52(90)72-20-14-63)32-4-53(91)73-21-15-64)45-46-87(38-10-59(97)79-27-43-84(33-5-54(92)74-22-16-65)34-6-55(93)75-23-17-66)39-11-60(98)80-28-44-85(35-7-56(94)76-24-18-67)40-12-61(99)100-81-49-69/h70,81H,1-49,62-69H2,(H,71,89)(H,72,90)(H,73,91)(H,74,92)(H,75,93)(H,76,94)(H,77,95)(H,78,96)(H,79,97)(H,80,98). The van der Waals surface area contributed by atoms with Crippen LogP contribution in [-0.4, -0.2) is 343 Å². The van der Waals surface area contributed by atoms with Crippen LogP contribution >= 0.6 is 0 Å². The van der Waals surface area contributed by atoms with Crippen LogP contribution in [0.3, 0.4) is 0 Å². The molecule has 10 amide bonds. The SMILES string of the molecule is NCCNC(=O)CCN(CCNC(=O)CCN(CCC(=O)NCCN(CCC(=O)NCCN)CCC(=O)NCCN)CCN(CCC(=O)NCCN(CCC(=O)NCCN)CCC(=O)NCCN)CCC(=O)NCCN(CCC(=O)NCCN)CCC(=O)ONCN)CCC(=O)CNCN. The van der Waals surface area contributed by atoms with E-state index in [0.29, 0.717) is 98.2 Å². The van der Waals surface area contributed by atoms with Gasteiger partial charge in [0.2, 0.25) is 59.1 Å². The van der Waals surface area contributed by atoms with E-state index in [1.165, 1.54) is 0 Å². The van der Waals surface area contributed by atoms with E-state index in [1.54, 1.807) is 0 Å². The molecule has 0 aliphatic carbocycles. The highest BCUT2D eigenvalue weighted by molar-refractivity contribution is 5.81. The first kappa shape index (κ1) is 93.2. The molecule has 0 fully saturated rings. The van der Waals surface area contributed by atoms with Crippen molar-refractivity contribution in [1.29, 1.82) is 0 Å². The molecule has 0 bridgehead atoms. The molecule has 0 rings (SSSR count). The molecule has 0 spiro atoms. The second-order valence-corrected chi connectivity index (χ2v) is 23.3. The van der Waals surface area contributed by atoms with E-state index in [9.17, 15) is 57.5 Å². The Morgan fingerprint density at radius 3 is 0.640 bits per heavy atom. The molecule has 100 heavy (non-hydrogen) atoms. The summed E-state index contributed by atoms with van der Waals surface area (Å²) < 4.78 is 0. The van der Waals surface area contributed by atoms with Crippen molar-refractivity contribution in [2.45, 2.75) is 77.0 Å². The zero-order chi connectivity index (χ0) is 74.2. The molecule has 39 nitrogen and oxygen atoms in total. The molecule has 0 saturated heterocycles. The average Bonchev–Trinajstić information content (AvgIpc) is 1.08. The van der Waals surface area contributed by atoms with Gasteiger partial charge >= 0.3 is 5.97 Å². The molecule has 0 unspecified atom stereocenters. The Kier molecular flexibility index (Phi) is 59.9. The number of hydroxylamine groups is 1. The van der Waals surface area contributed by atoms with Crippen LogP contribution in [0.5, 0.6) is 0 Å². The lowest BCUT2D eigenvalue weighted by atomic mass is 10.2. The number of carbonyl (C=O) groups excluding carboxylic acids is 12. The number of nitrogens with zero attached hydrogens (tertiary/aromatic N) is 6. The predicted octanol–water partition coefficient (Wildman–Crippen LogP) is -11.6. The summed E-state index contributed by atoms with van der Waals surface area (Å²) in [5, 5.41) is 30.9. The lowest BCUT2D eigenvalue weighted by Crippen LogP contribution is -2.43. The van der Waals surface area contributed by atoms with Crippen LogP contribution in [0.15, 0.2) is 0 Å². The third-order valence-electron chi connectivity index (χ3n) is 15.2. The lowest BCUT2D eigenvalue weighted by molar-refractivity contribution is -0.151. The summed E-state index contributed by atoms with van der Waals surface area (Å²) in [5.74, 6) is -3.19. The van der Waals surface area contributed by atoms with Crippen LogP contribution in [0, 0.1) is 0 Å². The van der Waals surface area contributed by atoms with Crippen LogP contribution < -0.4 is 110 Å². The molecule has 0 atom stereocenters. The van der Waals surface area contributed by atoms with Gasteiger partial charge < -0.3 is 133 Å². The summed E-state index contributed by atoms with van der Waals surface area (Å²) in [4.78, 5) is 171. The highest BCUT2D eigenvalue weighted by atomic mass is 16.7. The van der Waals surface area contributed by atoms with Gasteiger partial charge in [-0.05, 0) is 0 Å². The molecule has 0 aromatic carbocycles. The first-order chi connectivity index (χ1) is 48.2. The molecule has 0 radical (unpaired) electrons. The van der Waals surface area contributed by atoms with E-state index in [-0.39, 0.29) is 286 Å². The van der Waals surface area contributed by atoms with Crippen LogP contribution in [-0.2, 0) is 62.4 Å². The number of nitrogens with two attached hydrogens (primary N) is 8. The number of nitrogens with one attached hydrogen (secondary N) is 12. The molecule has 28 N–H and O–H groups in total.